The van der Waals surface area contributed by atoms with Gasteiger partial charge >= 0.3 is 11.4 Å². The number of methoxy groups -OCH3 is 2. The summed E-state index contributed by atoms with van der Waals surface area (Å²) in [6.45, 7) is 4.37. The Labute approximate surface area is 187 Å². The van der Waals surface area contributed by atoms with Crippen LogP contribution in [0.2, 0.25) is 0 Å². The number of hydrogen-bond donors (Lipinski definition) is 1. The molecule has 1 N–H and O–H groups in total. The number of rotatable bonds is 7. The van der Waals surface area contributed by atoms with Gasteiger partial charge in [-0.3, -0.25) is 35.2 Å². The van der Waals surface area contributed by atoms with Crippen LogP contribution in [0.3, 0.4) is 0 Å². The fourth-order valence-corrected chi connectivity index (χ4v) is 3.04. The Hall–Kier alpha value is -4.04. The molecule has 2 aromatic rings. The molecule has 0 radical (unpaired) electrons. The van der Waals surface area contributed by atoms with E-state index in [1.807, 2.05) is 18.2 Å². The van der Waals surface area contributed by atoms with Gasteiger partial charge in [0.2, 0.25) is 0 Å². The molecule has 0 aromatic heterocycles. The molecule has 178 valence electrons. The van der Waals surface area contributed by atoms with Gasteiger partial charge in [-0.2, -0.15) is 0 Å². The lowest BCUT2D eigenvalue weighted by molar-refractivity contribution is -0.404. The Balaban J connectivity index is 0.000000234. The minimum absolute atomic E-state index is 0.447. The molecule has 0 bridgehead atoms. The molecule has 1 heterocycles. The number of hydrogen-bond acceptors (Lipinski definition) is 11. The van der Waals surface area contributed by atoms with Crippen molar-refractivity contribution in [3.05, 3.63) is 66.2 Å². The van der Waals surface area contributed by atoms with Gasteiger partial charge in [-0.25, -0.2) is 0 Å². The van der Waals surface area contributed by atoms with E-state index in [1.54, 1.807) is 14.2 Å². The summed E-state index contributed by atoms with van der Waals surface area (Å²) in [5.74, 6) is 0.562. The van der Waals surface area contributed by atoms with Crippen molar-refractivity contribution in [3.63, 3.8) is 0 Å². The number of non-ortho nitro benzene ring substituents is 1. The monoisotopic (exact) mass is 466 g/mol. The molecule has 1 saturated heterocycles. The van der Waals surface area contributed by atoms with Crippen LogP contribution in [-0.2, 0) is 11.3 Å². The van der Waals surface area contributed by atoms with E-state index in [4.69, 9.17) is 19.3 Å². The maximum atomic E-state index is 10.4. The van der Waals surface area contributed by atoms with Gasteiger partial charge in [0, 0.05) is 19.6 Å². The first-order valence-corrected chi connectivity index (χ1v) is 9.49. The van der Waals surface area contributed by atoms with Crippen LogP contribution in [0.1, 0.15) is 5.56 Å². The Kier molecular flexibility index (Phi) is 8.82. The molecule has 0 aliphatic carbocycles. The quantitative estimate of drug-likeness (QED) is 0.468. The van der Waals surface area contributed by atoms with E-state index in [9.17, 15) is 30.3 Å². The standard InChI is InChI=1S/C13H19NO3.C6H3N3O7/c1-15-12-4-3-5-13(16-2)11(12)10-14-6-8-17-9-7-14;10-6-4(8(13)14)1-3(7(11)12)2-5(6)9(15)16/h3-5H,6-10H2,1-2H3;1-2,10H. The van der Waals surface area contributed by atoms with E-state index in [0.29, 0.717) is 12.1 Å². The second kappa shape index (κ2) is 11.5. The summed E-state index contributed by atoms with van der Waals surface area (Å²) in [5.41, 5.74) is -1.89. The Bertz CT molecular complexity index is 966. The molecule has 1 aliphatic heterocycles. The van der Waals surface area contributed by atoms with Gasteiger partial charge in [0.05, 0.1) is 59.9 Å². The molecule has 14 heteroatoms. The Morgan fingerprint density at radius 3 is 1.82 bits per heavy atom. The number of nitro groups is 3. The lowest BCUT2D eigenvalue weighted by Gasteiger charge is -2.27. The third kappa shape index (κ3) is 6.47. The average Bonchev–Trinajstić information content (AvgIpc) is 2.79. The first-order chi connectivity index (χ1) is 15.7. The average molecular weight is 466 g/mol. The highest BCUT2D eigenvalue weighted by molar-refractivity contribution is 5.64. The summed E-state index contributed by atoms with van der Waals surface area (Å²) in [7, 11) is 3.38. The molecular formula is C19H22N4O10. The van der Waals surface area contributed by atoms with Crippen LogP contribution in [0.15, 0.2) is 30.3 Å². The van der Waals surface area contributed by atoms with Gasteiger partial charge in [0.25, 0.3) is 11.4 Å². The summed E-state index contributed by atoms with van der Waals surface area (Å²) >= 11 is 0. The molecular weight excluding hydrogens is 444 g/mol. The first kappa shape index (κ1) is 25.2. The summed E-state index contributed by atoms with van der Waals surface area (Å²) in [4.78, 5) is 30.1. The van der Waals surface area contributed by atoms with Crippen LogP contribution >= 0.6 is 0 Å². The number of nitro benzene ring substituents is 3. The van der Waals surface area contributed by atoms with Gasteiger partial charge < -0.3 is 19.3 Å². The summed E-state index contributed by atoms with van der Waals surface area (Å²) in [6, 6.07) is 6.78. The van der Waals surface area contributed by atoms with Crippen molar-refractivity contribution in [3.8, 4) is 17.2 Å². The van der Waals surface area contributed by atoms with Crippen molar-refractivity contribution < 1.29 is 34.1 Å². The SMILES string of the molecule is COc1cccc(OC)c1CN1CCOCC1.O=[N+]([O-])c1cc([N+](=O)[O-])c(O)c([N+](=O)[O-])c1. The summed E-state index contributed by atoms with van der Waals surface area (Å²) in [5, 5.41) is 40.2. The predicted molar refractivity (Wildman–Crippen MR) is 114 cm³/mol. The van der Waals surface area contributed by atoms with Crippen molar-refractivity contribution in [2.24, 2.45) is 0 Å². The molecule has 1 aliphatic rings. The maximum Gasteiger partial charge on any atom is 0.324 e. The molecule has 0 saturated carbocycles. The van der Waals surface area contributed by atoms with Crippen LogP contribution in [0.25, 0.3) is 0 Å². The molecule has 0 unspecified atom stereocenters. The zero-order valence-corrected chi connectivity index (χ0v) is 17.8. The first-order valence-electron chi connectivity index (χ1n) is 9.49. The van der Waals surface area contributed by atoms with Gasteiger partial charge in [0.1, 0.15) is 11.5 Å². The number of benzene rings is 2. The van der Waals surface area contributed by atoms with Crippen molar-refractivity contribution in [2.45, 2.75) is 6.54 Å². The van der Waals surface area contributed by atoms with E-state index in [0.717, 1.165) is 49.9 Å². The van der Waals surface area contributed by atoms with Gasteiger partial charge in [-0.15, -0.1) is 0 Å². The molecule has 33 heavy (non-hydrogen) atoms. The molecule has 2 aromatic carbocycles. The van der Waals surface area contributed by atoms with Crippen molar-refractivity contribution in [1.82, 2.24) is 4.90 Å². The molecule has 0 spiro atoms. The summed E-state index contributed by atoms with van der Waals surface area (Å²) in [6.07, 6.45) is 0. The fourth-order valence-electron chi connectivity index (χ4n) is 3.04. The number of morpholine rings is 1. The third-order valence-corrected chi connectivity index (χ3v) is 4.67. The number of ether oxygens (including phenoxy) is 3. The van der Waals surface area contributed by atoms with Crippen LogP contribution < -0.4 is 9.47 Å². The highest BCUT2D eigenvalue weighted by Crippen LogP contribution is 2.39. The van der Waals surface area contributed by atoms with E-state index >= 15 is 0 Å². The molecule has 0 amide bonds. The largest absolute Gasteiger partial charge is 0.497 e. The van der Waals surface area contributed by atoms with Gasteiger partial charge in [-0.05, 0) is 12.1 Å². The second-order valence-corrected chi connectivity index (χ2v) is 6.63. The number of phenols is 1. The summed E-state index contributed by atoms with van der Waals surface area (Å²) < 4.78 is 16.1. The van der Waals surface area contributed by atoms with E-state index in [-0.39, 0.29) is 0 Å². The molecule has 0 atom stereocenters. The normalized spacial score (nSPS) is 13.4. The lowest BCUT2D eigenvalue weighted by Crippen LogP contribution is -2.35. The minimum Gasteiger partial charge on any atom is -0.497 e. The van der Waals surface area contributed by atoms with Crippen LogP contribution in [-0.4, -0.2) is 65.3 Å². The predicted octanol–water partition coefficient (Wildman–Crippen LogP) is 2.65. The zero-order chi connectivity index (χ0) is 24.5. The number of nitrogens with zero attached hydrogens (tertiary/aromatic N) is 4. The third-order valence-electron chi connectivity index (χ3n) is 4.67. The van der Waals surface area contributed by atoms with Crippen molar-refractivity contribution in [2.75, 3.05) is 40.5 Å². The topological polar surface area (TPSA) is 181 Å². The smallest absolute Gasteiger partial charge is 0.324 e. The molecule has 3 rings (SSSR count). The van der Waals surface area contributed by atoms with Crippen LogP contribution in [0.5, 0.6) is 17.2 Å². The van der Waals surface area contributed by atoms with Gasteiger partial charge in [0.15, 0.2) is 0 Å². The Morgan fingerprint density at radius 2 is 1.42 bits per heavy atom. The van der Waals surface area contributed by atoms with Crippen LogP contribution in [0.4, 0.5) is 17.1 Å². The highest BCUT2D eigenvalue weighted by atomic mass is 16.6. The van der Waals surface area contributed by atoms with Crippen LogP contribution in [0, 0.1) is 30.3 Å². The lowest BCUT2D eigenvalue weighted by atomic mass is 10.1. The second-order valence-electron chi connectivity index (χ2n) is 6.63. The minimum atomic E-state index is -1.21. The zero-order valence-electron chi connectivity index (χ0n) is 17.8. The van der Waals surface area contributed by atoms with Gasteiger partial charge in [-0.1, -0.05) is 6.07 Å². The number of phenolic OH excluding ortho intramolecular Hbond substituents is 1. The fraction of sp³-hybridized carbons (Fsp3) is 0.368. The van der Waals surface area contributed by atoms with Crippen molar-refractivity contribution >= 4 is 17.1 Å². The van der Waals surface area contributed by atoms with E-state index in [2.05, 4.69) is 4.90 Å². The highest BCUT2D eigenvalue weighted by Gasteiger charge is 2.30. The van der Waals surface area contributed by atoms with E-state index < -0.39 is 37.6 Å². The molecule has 1 fully saturated rings. The van der Waals surface area contributed by atoms with E-state index in [1.165, 1.54) is 0 Å². The van der Waals surface area contributed by atoms with Crippen molar-refractivity contribution in [1.29, 1.82) is 0 Å². The Morgan fingerprint density at radius 1 is 0.939 bits per heavy atom. The maximum absolute atomic E-state index is 10.4. The number of aromatic hydroxyl groups is 1. The molecule has 14 nitrogen and oxygen atoms in total.